The van der Waals surface area contributed by atoms with E-state index in [4.69, 9.17) is 5.73 Å². The van der Waals surface area contributed by atoms with E-state index in [2.05, 4.69) is 20.6 Å². The topological polar surface area (TPSA) is 166 Å². The lowest BCUT2D eigenvalue weighted by atomic mass is 10.0. The van der Waals surface area contributed by atoms with E-state index in [1.807, 2.05) is 45.8 Å². The molecular formula is C25H28N8O4. The predicted octanol–water partition coefficient (Wildman–Crippen LogP) is 2.84. The zero-order chi connectivity index (χ0) is 26.4. The third-order valence-corrected chi connectivity index (χ3v) is 5.66. The van der Waals surface area contributed by atoms with Gasteiger partial charge in [0.1, 0.15) is 5.82 Å². The maximum absolute atomic E-state index is 12.9. The van der Waals surface area contributed by atoms with Gasteiger partial charge in [-0.05, 0) is 37.1 Å². The number of hydrogen-bond donors (Lipinski definition) is 4. The Morgan fingerprint density at radius 2 is 2.00 bits per heavy atom. The van der Waals surface area contributed by atoms with Crippen LogP contribution in [-0.2, 0) is 6.54 Å². The van der Waals surface area contributed by atoms with Crippen LogP contribution in [0.2, 0.25) is 0 Å². The zero-order valence-corrected chi connectivity index (χ0v) is 20.2. The number of carbonyl (C=O) groups excluding carboxylic acids is 1. The minimum Gasteiger partial charge on any atom is -0.392 e. The molecule has 3 heterocycles. The molecule has 12 heteroatoms. The van der Waals surface area contributed by atoms with Crippen LogP contribution >= 0.6 is 0 Å². The second-order valence-electron chi connectivity index (χ2n) is 8.54. The second kappa shape index (κ2) is 11.4. The first-order chi connectivity index (χ1) is 17.8. The molecule has 0 aliphatic rings. The monoisotopic (exact) mass is 504 g/mol. The Labute approximate surface area is 212 Å². The van der Waals surface area contributed by atoms with Gasteiger partial charge in [0.2, 0.25) is 5.82 Å². The molecule has 0 saturated carbocycles. The number of nitro groups is 1. The van der Waals surface area contributed by atoms with Gasteiger partial charge in [-0.3, -0.25) is 14.9 Å². The summed E-state index contributed by atoms with van der Waals surface area (Å²) in [6, 6.07) is 10.6. The number of amides is 1. The molecule has 12 nitrogen and oxygen atoms in total. The average Bonchev–Trinajstić information content (AvgIpc) is 3.56. The molecule has 1 aromatic carbocycles. The van der Waals surface area contributed by atoms with Crippen molar-refractivity contribution in [3.8, 4) is 16.8 Å². The summed E-state index contributed by atoms with van der Waals surface area (Å²) in [4.78, 5) is 31.3. The largest absolute Gasteiger partial charge is 0.392 e. The fourth-order valence-electron chi connectivity index (χ4n) is 3.81. The summed E-state index contributed by atoms with van der Waals surface area (Å²) in [5.74, 6) is 0.0430. The number of rotatable bonds is 11. The van der Waals surface area contributed by atoms with Crippen LogP contribution in [0.15, 0.2) is 67.5 Å². The number of anilines is 2. The molecule has 0 bridgehead atoms. The minimum absolute atomic E-state index is 0.142. The summed E-state index contributed by atoms with van der Waals surface area (Å²) in [5.41, 5.74) is 8.53. The van der Waals surface area contributed by atoms with Crippen LogP contribution in [0.3, 0.4) is 0 Å². The molecule has 0 aliphatic carbocycles. The van der Waals surface area contributed by atoms with E-state index in [1.54, 1.807) is 25.6 Å². The molecule has 0 spiro atoms. The molecule has 37 heavy (non-hydrogen) atoms. The molecule has 0 aliphatic heterocycles. The number of nitrogen functional groups attached to an aromatic ring is 1. The summed E-state index contributed by atoms with van der Waals surface area (Å²) in [5, 5.41) is 26.3. The van der Waals surface area contributed by atoms with Gasteiger partial charge in [0.15, 0.2) is 0 Å². The van der Waals surface area contributed by atoms with E-state index in [0.717, 1.165) is 16.8 Å². The molecule has 0 radical (unpaired) electrons. The Kier molecular flexibility index (Phi) is 7.79. The quantitative estimate of drug-likeness (QED) is 0.137. The second-order valence-corrected chi connectivity index (χ2v) is 8.54. The smallest absolute Gasteiger partial charge is 0.311 e. The van der Waals surface area contributed by atoms with Gasteiger partial charge in [0.25, 0.3) is 5.91 Å². The van der Waals surface area contributed by atoms with Crippen LogP contribution in [0.5, 0.6) is 0 Å². The molecule has 4 aromatic rings. The van der Waals surface area contributed by atoms with Crippen molar-refractivity contribution >= 4 is 23.2 Å². The number of imidazole rings is 1. The molecular weight excluding hydrogens is 476 g/mol. The first kappa shape index (κ1) is 25.4. The fourth-order valence-corrected chi connectivity index (χ4v) is 3.81. The lowest BCUT2D eigenvalue weighted by Gasteiger charge is -2.09. The maximum atomic E-state index is 12.9. The third kappa shape index (κ3) is 6.30. The number of pyridine rings is 1. The van der Waals surface area contributed by atoms with Crippen LogP contribution in [0.25, 0.3) is 16.8 Å². The number of carbonyl (C=O) groups is 1. The number of aliphatic hydroxyl groups is 1. The van der Waals surface area contributed by atoms with Crippen LogP contribution in [0.1, 0.15) is 23.7 Å². The lowest BCUT2D eigenvalue weighted by molar-refractivity contribution is -0.384. The van der Waals surface area contributed by atoms with Crippen LogP contribution in [-0.4, -0.2) is 54.2 Å². The standard InChI is InChI=1S/C25H28N8O4/c1-17(34)13-29-25(35)21-15-31(11-2-9-28-23-8-7-22(33(36)37)24(26)30-23)14-20(21)18-3-5-19(6-4-18)32-12-10-27-16-32/h3-8,10,12,14-17,34H,2,9,11,13H2,1H3,(H,29,35)(H3,26,28,30)/t17-/m0/s1. The van der Waals surface area contributed by atoms with E-state index < -0.39 is 11.0 Å². The summed E-state index contributed by atoms with van der Waals surface area (Å²) in [6.07, 6.45) is 9.03. The third-order valence-electron chi connectivity index (χ3n) is 5.66. The molecule has 0 unspecified atom stereocenters. The van der Waals surface area contributed by atoms with Gasteiger partial charge >= 0.3 is 5.69 Å². The Morgan fingerprint density at radius 3 is 2.65 bits per heavy atom. The number of benzene rings is 1. The van der Waals surface area contributed by atoms with Crippen molar-refractivity contribution < 1.29 is 14.8 Å². The van der Waals surface area contributed by atoms with Gasteiger partial charge < -0.3 is 30.6 Å². The highest BCUT2D eigenvalue weighted by Crippen LogP contribution is 2.27. The predicted molar refractivity (Wildman–Crippen MR) is 139 cm³/mol. The highest BCUT2D eigenvalue weighted by molar-refractivity contribution is 6.01. The normalized spacial score (nSPS) is 11.7. The lowest BCUT2D eigenvalue weighted by Crippen LogP contribution is -2.30. The van der Waals surface area contributed by atoms with Crippen molar-refractivity contribution in [1.82, 2.24) is 24.4 Å². The number of hydrogen-bond acceptors (Lipinski definition) is 8. The SMILES string of the molecule is C[C@H](O)CNC(=O)c1cn(CCCNc2ccc([N+](=O)[O-])c(N)n2)cc1-c1ccc(-n2ccnc2)cc1. The van der Waals surface area contributed by atoms with E-state index >= 15 is 0 Å². The molecule has 1 atom stereocenters. The van der Waals surface area contributed by atoms with E-state index in [1.165, 1.54) is 12.1 Å². The molecule has 0 fully saturated rings. The van der Waals surface area contributed by atoms with Crippen molar-refractivity contribution in [1.29, 1.82) is 0 Å². The Hall–Kier alpha value is -4.71. The fraction of sp³-hybridized carbons (Fsp3) is 0.240. The van der Waals surface area contributed by atoms with E-state index in [9.17, 15) is 20.0 Å². The van der Waals surface area contributed by atoms with E-state index in [0.29, 0.717) is 30.9 Å². The molecule has 1 amide bonds. The van der Waals surface area contributed by atoms with Crippen molar-refractivity contribution in [2.45, 2.75) is 26.0 Å². The number of nitrogens with two attached hydrogens (primary N) is 1. The number of aliphatic hydroxyl groups excluding tert-OH is 1. The highest BCUT2D eigenvalue weighted by Gasteiger charge is 2.17. The Balaban J connectivity index is 1.46. The minimum atomic E-state index is -0.655. The summed E-state index contributed by atoms with van der Waals surface area (Å²) >= 11 is 0. The van der Waals surface area contributed by atoms with Gasteiger partial charge in [0.05, 0.1) is 22.9 Å². The summed E-state index contributed by atoms with van der Waals surface area (Å²) in [7, 11) is 0. The van der Waals surface area contributed by atoms with Gasteiger partial charge in [-0.25, -0.2) is 9.97 Å². The highest BCUT2D eigenvalue weighted by atomic mass is 16.6. The number of aryl methyl sites for hydroxylation is 1. The number of nitrogens with zero attached hydrogens (tertiary/aromatic N) is 5. The summed E-state index contributed by atoms with van der Waals surface area (Å²) in [6.45, 7) is 2.92. The molecule has 192 valence electrons. The van der Waals surface area contributed by atoms with E-state index in [-0.39, 0.29) is 24.0 Å². The Morgan fingerprint density at radius 1 is 1.22 bits per heavy atom. The van der Waals surface area contributed by atoms with Crippen LogP contribution in [0.4, 0.5) is 17.3 Å². The number of nitrogens with one attached hydrogen (secondary N) is 2. The first-order valence-corrected chi connectivity index (χ1v) is 11.7. The van der Waals surface area contributed by atoms with Gasteiger partial charge in [-0.15, -0.1) is 0 Å². The molecule has 4 rings (SSSR count). The molecule has 5 N–H and O–H groups in total. The van der Waals surface area contributed by atoms with Crippen molar-refractivity contribution in [3.63, 3.8) is 0 Å². The van der Waals surface area contributed by atoms with Crippen molar-refractivity contribution in [2.75, 3.05) is 24.1 Å². The average molecular weight is 505 g/mol. The van der Waals surface area contributed by atoms with Gasteiger partial charge in [-0.2, -0.15) is 0 Å². The maximum Gasteiger partial charge on any atom is 0.311 e. The van der Waals surface area contributed by atoms with Gasteiger partial charge in [-0.1, -0.05) is 12.1 Å². The molecule has 0 saturated heterocycles. The molecule has 3 aromatic heterocycles. The van der Waals surface area contributed by atoms with Crippen LogP contribution < -0.4 is 16.4 Å². The summed E-state index contributed by atoms with van der Waals surface area (Å²) < 4.78 is 3.83. The Bertz CT molecular complexity index is 1360. The van der Waals surface area contributed by atoms with Crippen molar-refractivity contribution in [3.05, 3.63) is 83.2 Å². The van der Waals surface area contributed by atoms with Crippen molar-refractivity contribution in [2.24, 2.45) is 0 Å². The van der Waals surface area contributed by atoms with Crippen LogP contribution in [0, 0.1) is 10.1 Å². The first-order valence-electron chi connectivity index (χ1n) is 11.7. The zero-order valence-electron chi connectivity index (χ0n) is 20.2. The van der Waals surface area contributed by atoms with Gasteiger partial charge in [0, 0.05) is 61.7 Å². The number of aromatic nitrogens is 4.